The summed E-state index contributed by atoms with van der Waals surface area (Å²) in [5.41, 5.74) is 4.53. The lowest BCUT2D eigenvalue weighted by Crippen LogP contribution is -2.16. The van der Waals surface area contributed by atoms with Crippen LogP contribution in [0.1, 0.15) is 33.6 Å². The summed E-state index contributed by atoms with van der Waals surface area (Å²) >= 11 is 0. The largest absolute Gasteiger partial charge is 0.378 e. The van der Waals surface area contributed by atoms with Crippen LogP contribution in [0.3, 0.4) is 0 Å². The predicted octanol–water partition coefficient (Wildman–Crippen LogP) is 3.20. The van der Waals surface area contributed by atoms with Crippen LogP contribution >= 0.6 is 0 Å². The van der Waals surface area contributed by atoms with Gasteiger partial charge in [-0.2, -0.15) is 0 Å². The van der Waals surface area contributed by atoms with Gasteiger partial charge in [-0.1, -0.05) is 25.5 Å². The minimum Gasteiger partial charge on any atom is -0.378 e. The SMILES string of the molecule is CC1=C(C(C)C)CCC=C1N(C)C. The van der Waals surface area contributed by atoms with Crippen LogP contribution in [0.2, 0.25) is 0 Å². The third-order valence-electron chi connectivity index (χ3n) is 2.80. The lowest BCUT2D eigenvalue weighted by molar-refractivity contribution is 0.506. The van der Waals surface area contributed by atoms with Gasteiger partial charge in [0.2, 0.25) is 0 Å². The van der Waals surface area contributed by atoms with Crippen LogP contribution in [-0.4, -0.2) is 19.0 Å². The van der Waals surface area contributed by atoms with Crippen molar-refractivity contribution in [2.24, 2.45) is 5.92 Å². The van der Waals surface area contributed by atoms with Crippen molar-refractivity contribution >= 4 is 0 Å². The van der Waals surface area contributed by atoms with Crippen molar-refractivity contribution in [3.05, 3.63) is 22.9 Å². The Morgan fingerprint density at radius 1 is 1.31 bits per heavy atom. The lowest BCUT2D eigenvalue weighted by atomic mass is 9.88. The summed E-state index contributed by atoms with van der Waals surface area (Å²) in [4.78, 5) is 2.22. The average molecular weight is 179 g/mol. The van der Waals surface area contributed by atoms with Crippen molar-refractivity contribution < 1.29 is 0 Å². The number of hydrogen-bond acceptors (Lipinski definition) is 1. The summed E-state index contributed by atoms with van der Waals surface area (Å²) in [6, 6.07) is 0. The monoisotopic (exact) mass is 179 g/mol. The van der Waals surface area contributed by atoms with Gasteiger partial charge in [0.15, 0.2) is 0 Å². The minimum absolute atomic E-state index is 0.698. The topological polar surface area (TPSA) is 3.24 Å². The van der Waals surface area contributed by atoms with Crippen LogP contribution in [0, 0.1) is 5.92 Å². The van der Waals surface area contributed by atoms with Gasteiger partial charge in [0, 0.05) is 19.8 Å². The Kier molecular flexibility index (Phi) is 3.18. The van der Waals surface area contributed by atoms with E-state index in [4.69, 9.17) is 0 Å². The second-order valence-electron chi connectivity index (χ2n) is 4.33. The summed E-state index contributed by atoms with van der Waals surface area (Å²) in [6.45, 7) is 6.83. The maximum absolute atomic E-state index is 2.35. The molecule has 0 unspecified atom stereocenters. The molecule has 0 saturated heterocycles. The van der Waals surface area contributed by atoms with Crippen LogP contribution in [0.25, 0.3) is 0 Å². The average Bonchev–Trinajstić information content (AvgIpc) is 2.03. The Hall–Kier alpha value is -0.720. The normalized spacial score (nSPS) is 17.8. The molecule has 0 spiro atoms. The van der Waals surface area contributed by atoms with E-state index in [9.17, 15) is 0 Å². The summed E-state index contributed by atoms with van der Waals surface area (Å²) in [6.07, 6.45) is 4.81. The molecule has 0 aromatic heterocycles. The molecule has 0 aromatic rings. The summed E-state index contributed by atoms with van der Waals surface area (Å²) in [5, 5.41) is 0. The van der Waals surface area contributed by atoms with Gasteiger partial charge in [-0.3, -0.25) is 0 Å². The minimum atomic E-state index is 0.698. The zero-order chi connectivity index (χ0) is 10.0. The van der Waals surface area contributed by atoms with E-state index in [0.29, 0.717) is 5.92 Å². The highest BCUT2D eigenvalue weighted by Crippen LogP contribution is 2.30. The van der Waals surface area contributed by atoms with Crippen molar-refractivity contribution in [2.75, 3.05) is 14.1 Å². The summed E-state index contributed by atoms with van der Waals surface area (Å²) in [7, 11) is 4.25. The molecule has 0 bridgehead atoms. The highest BCUT2D eigenvalue weighted by molar-refractivity contribution is 5.36. The first-order valence-corrected chi connectivity index (χ1v) is 5.11. The van der Waals surface area contributed by atoms with Gasteiger partial charge in [0.05, 0.1) is 0 Å². The molecule has 0 radical (unpaired) electrons. The van der Waals surface area contributed by atoms with E-state index in [2.05, 4.69) is 45.8 Å². The first-order valence-electron chi connectivity index (χ1n) is 5.11. The Morgan fingerprint density at radius 2 is 1.92 bits per heavy atom. The van der Waals surface area contributed by atoms with Crippen molar-refractivity contribution in [2.45, 2.75) is 33.6 Å². The number of rotatable bonds is 2. The quantitative estimate of drug-likeness (QED) is 0.629. The molecule has 1 nitrogen and oxygen atoms in total. The maximum atomic E-state index is 2.35. The molecule has 1 aliphatic rings. The van der Waals surface area contributed by atoms with Crippen LogP contribution in [0.4, 0.5) is 0 Å². The molecule has 1 aliphatic carbocycles. The summed E-state index contributed by atoms with van der Waals surface area (Å²) < 4.78 is 0. The fraction of sp³-hybridized carbons (Fsp3) is 0.667. The number of nitrogens with zero attached hydrogens (tertiary/aromatic N) is 1. The van der Waals surface area contributed by atoms with E-state index >= 15 is 0 Å². The number of allylic oxidation sites excluding steroid dienone is 3. The molecule has 0 heterocycles. The van der Waals surface area contributed by atoms with Crippen molar-refractivity contribution in [1.29, 1.82) is 0 Å². The Labute approximate surface area is 82.1 Å². The molecule has 74 valence electrons. The molecular weight excluding hydrogens is 158 g/mol. The van der Waals surface area contributed by atoms with Crippen molar-refractivity contribution in [1.82, 2.24) is 4.90 Å². The fourth-order valence-corrected chi connectivity index (χ4v) is 2.11. The molecule has 0 amide bonds. The first-order chi connectivity index (χ1) is 6.04. The third-order valence-corrected chi connectivity index (χ3v) is 2.80. The molecular formula is C12H21N. The van der Waals surface area contributed by atoms with Gasteiger partial charge < -0.3 is 4.90 Å². The van der Waals surface area contributed by atoms with E-state index < -0.39 is 0 Å². The van der Waals surface area contributed by atoms with Gasteiger partial charge in [-0.05, 0) is 31.3 Å². The van der Waals surface area contributed by atoms with Crippen LogP contribution < -0.4 is 0 Å². The molecule has 0 N–H and O–H groups in total. The summed E-state index contributed by atoms with van der Waals surface area (Å²) in [5.74, 6) is 0.698. The molecule has 1 rings (SSSR count). The molecule has 0 fully saturated rings. The fourth-order valence-electron chi connectivity index (χ4n) is 2.11. The van der Waals surface area contributed by atoms with Gasteiger partial charge in [0.1, 0.15) is 0 Å². The Balaban J connectivity index is 2.96. The number of likely N-dealkylation sites (N-methyl/N-ethyl adjacent to an activating group) is 1. The second kappa shape index (κ2) is 3.99. The Bertz CT molecular complexity index is 244. The highest BCUT2D eigenvalue weighted by atomic mass is 15.1. The van der Waals surface area contributed by atoms with Gasteiger partial charge in [-0.15, -0.1) is 0 Å². The van der Waals surface area contributed by atoms with Gasteiger partial charge in [-0.25, -0.2) is 0 Å². The zero-order valence-electron chi connectivity index (χ0n) is 9.52. The van der Waals surface area contributed by atoms with Crippen LogP contribution in [0.5, 0.6) is 0 Å². The van der Waals surface area contributed by atoms with Crippen molar-refractivity contribution in [3.63, 3.8) is 0 Å². The van der Waals surface area contributed by atoms with Gasteiger partial charge in [0.25, 0.3) is 0 Å². The third kappa shape index (κ3) is 2.15. The van der Waals surface area contributed by atoms with E-state index in [1.165, 1.54) is 24.1 Å². The first kappa shape index (κ1) is 10.4. The van der Waals surface area contributed by atoms with E-state index in [1.54, 1.807) is 5.57 Å². The molecule has 0 atom stereocenters. The highest BCUT2D eigenvalue weighted by Gasteiger charge is 2.15. The van der Waals surface area contributed by atoms with Crippen molar-refractivity contribution in [3.8, 4) is 0 Å². The van der Waals surface area contributed by atoms with Crippen LogP contribution in [0.15, 0.2) is 22.9 Å². The number of hydrogen-bond donors (Lipinski definition) is 0. The predicted molar refractivity (Wildman–Crippen MR) is 58.5 cm³/mol. The van der Waals surface area contributed by atoms with E-state index in [1.807, 2.05) is 0 Å². The zero-order valence-corrected chi connectivity index (χ0v) is 9.52. The van der Waals surface area contributed by atoms with Crippen LogP contribution in [-0.2, 0) is 0 Å². The molecule has 0 saturated carbocycles. The lowest BCUT2D eigenvalue weighted by Gasteiger charge is -2.26. The molecule has 0 aliphatic heterocycles. The van der Waals surface area contributed by atoms with Gasteiger partial charge >= 0.3 is 0 Å². The Morgan fingerprint density at radius 3 is 2.38 bits per heavy atom. The van der Waals surface area contributed by atoms with E-state index in [-0.39, 0.29) is 0 Å². The molecule has 13 heavy (non-hydrogen) atoms. The smallest absolute Gasteiger partial charge is 0.0349 e. The molecule has 0 aromatic carbocycles. The standard InChI is InChI=1S/C12H21N/c1-9(2)11-7-6-8-12(10(11)3)13(4)5/h8-9H,6-7H2,1-5H3. The molecule has 1 heteroatoms. The maximum Gasteiger partial charge on any atom is 0.0349 e. The van der Waals surface area contributed by atoms with E-state index in [0.717, 1.165) is 0 Å². The second-order valence-corrected chi connectivity index (χ2v) is 4.33.